The van der Waals surface area contributed by atoms with Gasteiger partial charge in [-0.15, -0.1) is 0 Å². The molecule has 0 aliphatic carbocycles. The summed E-state index contributed by atoms with van der Waals surface area (Å²) in [6, 6.07) is 7.80. The molecule has 2 aliphatic heterocycles. The van der Waals surface area contributed by atoms with Gasteiger partial charge in [-0.1, -0.05) is 12.5 Å². The number of sulfonamides is 1. The van der Waals surface area contributed by atoms with Crippen LogP contribution in [0.3, 0.4) is 0 Å². The van der Waals surface area contributed by atoms with Gasteiger partial charge in [-0.2, -0.15) is 9.57 Å². The van der Waals surface area contributed by atoms with Gasteiger partial charge in [0.25, 0.3) is 0 Å². The molecule has 118 valence electrons. The van der Waals surface area contributed by atoms with Crippen LogP contribution in [0.2, 0.25) is 0 Å². The third kappa shape index (κ3) is 2.88. The van der Waals surface area contributed by atoms with Gasteiger partial charge in [-0.05, 0) is 31.0 Å². The monoisotopic (exact) mass is 322 g/mol. The van der Waals surface area contributed by atoms with Gasteiger partial charge in [0.1, 0.15) is 0 Å². The Bertz CT molecular complexity index is 677. The number of piperidine rings is 1. The maximum absolute atomic E-state index is 12.9. The van der Waals surface area contributed by atoms with E-state index in [0.29, 0.717) is 25.3 Å². The van der Waals surface area contributed by atoms with Crippen molar-refractivity contribution in [2.45, 2.75) is 36.5 Å². The van der Waals surface area contributed by atoms with Crippen molar-refractivity contribution in [1.82, 2.24) is 4.31 Å². The zero-order valence-corrected chi connectivity index (χ0v) is 13.0. The Balaban J connectivity index is 1.92. The second-order valence-corrected chi connectivity index (χ2v) is 7.32. The van der Waals surface area contributed by atoms with E-state index in [9.17, 15) is 8.42 Å². The topological polar surface area (TPSA) is 79.6 Å². The first kappa shape index (κ1) is 15.4. The molecule has 0 unspecified atom stereocenters. The lowest BCUT2D eigenvalue weighted by Crippen LogP contribution is -2.50. The second-order valence-electron chi connectivity index (χ2n) is 5.43. The molecule has 0 amide bonds. The van der Waals surface area contributed by atoms with Gasteiger partial charge in [0.15, 0.2) is 6.29 Å². The molecule has 0 saturated carbocycles. The minimum atomic E-state index is -3.66. The van der Waals surface area contributed by atoms with E-state index in [-0.39, 0.29) is 10.9 Å². The number of ether oxygens (including phenoxy) is 2. The highest BCUT2D eigenvalue weighted by molar-refractivity contribution is 7.89. The molecular formula is C15H18N2O4S. The van der Waals surface area contributed by atoms with Crippen LogP contribution in [0, 0.1) is 11.3 Å². The SMILES string of the molecule is N#Cc1cccc(S(=O)(=O)N2CCCC[C@@H]2C2OCCO2)c1. The van der Waals surface area contributed by atoms with E-state index in [1.165, 1.54) is 16.4 Å². The van der Waals surface area contributed by atoms with Gasteiger partial charge in [0.2, 0.25) is 10.0 Å². The third-order valence-electron chi connectivity index (χ3n) is 4.03. The number of nitrogens with zero attached hydrogens (tertiary/aromatic N) is 2. The van der Waals surface area contributed by atoms with Crippen molar-refractivity contribution in [1.29, 1.82) is 5.26 Å². The van der Waals surface area contributed by atoms with Crippen LogP contribution in [0.25, 0.3) is 0 Å². The lowest BCUT2D eigenvalue weighted by molar-refractivity contribution is -0.0913. The van der Waals surface area contributed by atoms with E-state index >= 15 is 0 Å². The molecule has 2 aliphatic rings. The Kier molecular flexibility index (Phi) is 4.45. The summed E-state index contributed by atoms with van der Waals surface area (Å²) in [5.41, 5.74) is 0.336. The molecule has 22 heavy (non-hydrogen) atoms. The van der Waals surface area contributed by atoms with Crippen molar-refractivity contribution < 1.29 is 17.9 Å². The lowest BCUT2D eigenvalue weighted by atomic mass is 10.0. The molecule has 0 N–H and O–H groups in total. The maximum atomic E-state index is 12.9. The summed E-state index contributed by atoms with van der Waals surface area (Å²) in [6.07, 6.45) is 2.01. The largest absolute Gasteiger partial charge is 0.349 e. The van der Waals surface area contributed by atoms with Gasteiger partial charge in [0.05, 0.1) is 35.8 Å². The quantitative estimate of drug-likeness (QED) is 0.842. The van der Waals surface area contributed by atoms with Crippen LogP contribution in [0.5, 0.6) is 0 Å². The third-order valence-corrected chi connectivity index (χ3v) is 5.95. The number of hydrogen-bond donors (Lipinski definition) is 0. The smallest absolute Gasteiger partial charge is 0.243 e. The average Bonchev–Trinajstić information content (AvgIpc) is 3.09. The minimum absolute atomic E-state index is 0.149. The molecule has 2 heterocycles. The first-order valence-electron chi connectivity index (χ1n) is 7.38. The molecule has 2 fully saturated rings. The van der Waals surface area contributed by atoms with Gasteiger partial charge < -0.3 is 9.47 Å². The maximum Gasteiger partial charge on any atom is 0.243 e. The van der Waals surface area contributed by atoms with Crippen molar-refractivity contribution in [3.05, 3.63) is 29.8 Å². The fourth-order valence-corrected chi connectivity index (χ4v) is 4.69. The normalized spacial score (nSPS) is 24.2. The van der Waals surface area contributed by atoms with E-state index < -0.39 is 16.3 Å². The zero-order chi connectivity index (χ0) is 15.6. The second kappa shape index (κ2) is 6.34. The van der Waals surface area contributed by atoms with Crippen LogP contribution in [0.4, 0.5) is 0 Å². The van der Waals surface area contributed by atoms with E-state index in [4.69, 9.17) is 14.7 Å². The molecule has 1 aromatic carbocycles. The Labute approximate surface area is 130 Å². The molecule has 7 heteroatoms. The van der Waals surface area contributed by atoms with Crippen LogP contribution in [-0.2, 0) is 19.5 Å². The molecule has 1 atom stereocenters. The van der Waals surface area contributed by atoms with Crippen LogP contribution in [0.1, 0.15) is 24.8 Å². The minimum Gasteiger partial charge on any atom is -0.349 e. The predicted molar refractivity (Wildman–Crippen MR) is 78.4 cm³/mol. The molecule has 3 rings (SSSR count). The summed E-state index contributed by atoms with van der Waals surface area (Å²) < 4.78 is 38.4. The Morgan fingerprint density at radius 3 is 2.73 bits per heavy atom. The van der Waals surface area contributed by atoms with Crippen LogP contribution in [-0.4, -0.2) is 44.8 Å². The molecule has 2 saturated heterocycles. The summed E-state index contributed by atoms with van der Waals surface area (Å²) in [4.78, 5) is 0.149. The molecular weight excluding hydrogens is 304 g/mol. The van der Waals surface area contributed by atoms with Crippen LogP contribution in [0.15, 0.2) is 29.2 Å². The number of rotatable bonds is 3. The lowest BCUT2D eigenvalue weighted by Gasteiger charge is -2.36. The van der Waals surface area contributed by atoms with Gasteiger partial charge in [-0.3, -0.25) is 0 Å². The molecule has 6 nitrogen and oxygen atoms in total. The van der Waals surface area contributed by atoms with Crippen molar-refractivity contribution in [2.75, 3.05) is 19.8 Å². The van der Waals surface area contributed by atoms with Crippen LogP contribution < -0.4 is 0 Å². The summed E-state index contributed by atoms with van der Waals surface area (Å²) in [6.45, 7) is 1.45. The van der Waals surface area contributed by atoms with Crippen LogP contribution >= 0.6 is 0 Å². The fourth-order valence-electron chi connectivity index (χ4n) is 2.96. The first-order chi connectivity index (χ1) is 10.6. The van der Waals surface area contributed by atoms with Crippen molar-refractivity contribution in [3.63, 3.8) is 0 Å². The van der Waals surface area contributed by atoms with Gasteiger partial charge in [0, 0.05) is 6.54 Å². The van der Waals surface area contributed by atoms with Crippen molar-refractivity contribution >= 4 is 10.0 Å². The molecule has 0 radical (unpaired) electrons. The number of benzene rings is 1. The van der Waals surface area contributed by atoms with E-state index in [1.807, 2.05) is 6.07 Å². The highest BCUT2D eigenvalue weighted by Gasteiger charge is 2.40. The van der Waals surface area contributed by atoms with Crippen molar-refractivity contribution in [3.8, 4) is 6.07 Å². The zero-order valence-electron chi connectivity index (χ0n) is 12.1. The Hall–Kier alpha value is -1.46. The Morgan fingerprint density at radius 2 is 2.00 bits per heavy atom. The average molecular weight is 322 g/mol. The molecule has 0 aromatic heterocycles. The van der Waals surface area contributed by atoms with E-state index in [1.54, 1.807) is 12.1 Å². The summed E-state index contributed by atoms with van der Waals surface area (Å²) in [5, 5.41) is 8.96. The summed E-state index contributed by atoms with van der Waals surface area (Å²) >= 11 is 0. The number of hydrogen-bond acceptors (Lipinski definition) is 5. The summed E-state index contributed by atoms with van der Waals surface area (Å²) in [7, 11) is -3.66. The number of nitriles is 1. The van der Waals surface area contributed by atoms with Crippen molar-refractivity contribution in [2.24, 2.45) is 0 Å². The fraction of sp³-hybridized carbons (Fsp3) is 0.533. The Morgan fingerprint density at radius 1 is 1.23 bits per heavy atom. The first-order valence-corrected chi connectivity index (χ1v) is 8.82. The highest BCUT2D eigenvalue weighted by Crippen LogP contribution is 2.30. The predicted octanol–water partition coefficient (Wildman–Crippen LogP) is 1.47. The van der Waals surface area contributed by atoms with E-state index in [0.717, 1.165) is 19.3 Å². The molecule has 1 aromatic rings. The molecule has 0 spiro atoms. The standard InChI is InChI=1S/C15H18N2O4S/c16-11-12-4-3-5-13(10-12)22(18,19)17-7-2-1-6-14(17)15-20-8-9-21-15/h3-5,10,14-15H,1-2,6-9H2/t14-/m1/s1. The van der Waals surface area contributed by atoms with Gasteiger partial charge >= 0.3 is 0 Å². The highest BCUT2D eigenvalue weighted by atomic mass is 32.2. The molecule has 0 bridgehead atoms. The van der Waals surface area contributed by atoms with Gasteiger partial charge in [-0.25, -0.2) is 8.42 Å². The summed E-state index contributed by atoms with van der Waals surface area (Å²) in [5.74, 6) is 0. The van der Waals surface area contributed by atoms with E-state index in [2.05, 4.69) is 0 Å².